The molecule has 1 unspecified atom stereocenters. The highest BCUT2D eigenvalue weighted by Crippen LogP contribution is 2.11. The van der Waals surface area contributed by atoms with E-state index in [4.69, 9.17) is 4.74 Å². The molecule has 1 aromatic heterocycles. The molecule has 3 heterocycles. The molecule has 0 saturated carbocycles. The highest BCUT2D eigenvalue weighted by molar-refractivity contribution is 5.81. The van der Waals surface area contributed by atoms with Gasteiger partial charge in [0.05, 0.1) is 25.5 Å². The van der Waals surface area contributed by atoms with E-state index in [0.717, 1.165) is 58.7 Å². The van der Waals surface area contributed by atoms with Crippen LogP contribution in [0.4, 0.5) is 0 Å². The van der Waals surface area contributed by atoms with Crippen LogP contribution in [0.2, 0.25) is 0 Å². The van der Waals surface area contributed by atoms with Crippen LogP contribution in [0.1, 0.15) is 18.9 Å². The number of carbonyl (C=O) groups is 1. The molecular weight excluding hydrogens is 306 g/mol. The molecule has 1 amide bonds. The summed E-state index contributed by atoms with van der Waals surface area (Å²) in [4.78, 5) is 19.4. The summed E-state index contributed by atoms with van der Waals surface area (Å²) in [5, 5.41) is 6.84. The van der Waals surface area contributed by atoms with Gasteiger partial charge in [-0.2, -0.15) is 5.10 Å². The number of carbonyl (C=O) groups excluding carboxylic acids is 1. The molecule has 1 N–H and O–H groups in total. The highest BCUT2D eigenvalue weighted by Gasteiger charge is 2.29. The zero-order chi connectivity index (χ0) is 16.8. The molecule has 2 aliphatic heterocycles. The van der Waals surface area contributed by atoms with Gasteiger partial charge in [-0.15, -0.1) is 0 Å². The number of H-pyrrole nitrogens is 1. The van der Waals surface area contributed by atoms with Gasteiger partial charge in [0.15, 0.2) is 0 Å². The Labute approximate surface area is 143 Å². The van der Waals surface area contributed by atoms with E-state index in [9.17, 15) is 4.79 Å². The molecule has 1 aromatic rings. The fourth-order valence-corrected chi connectivity index (χ4v) is 3.50. The van der Waals surface area contributed by atoms with E-state index in [-0.39, 0.29) is 11.9 Å². The van der Waals surface area contributed by atoms with Crippen molar-refractivity contribution >= 4 is 5.91 Å². The summed E-state index contributed by atoms with van der Waals surface area (Å²) >= 11 is 0. The smallest absolute Gasteiger partial charge is 0.239 e. The van der Waals surface area contributed by atoms with E-state index in [2.05, 4.69) is 20.0 Å². The predicted molar refractivity (Wildman–Crippen MR) is 91.8 cm³/mol. The van der Waals surface area contributed by atoms with Crippen molar-refractivity contribution in [3.05, 3.63) is 18.0 Å². The number of aromatic amines is 1. The Bertz CT molecular complexity index is 493. The Morgan fingerprint density at radius 3 is 2.67 bits per heavy atom. The van der Waals surface area contributed by atoms with Gasteiger partial charge in [0.2, 0.25) is 5.91 Å². The Kier molecular flexibility index (Phi) is 6.23. The third-order valence-electron chi connectivity index (χ3n) is 5.13. The van der Waals surface area contributed by atoms with Gasteiger partial charge < -0.3 is 14.5 Å². The Balaban J connectivity index is 1.37. The summed E-state index contributed by atoms with van der Waals surface area (Å²) in [6.07, 6.45) is 6.10. The minimum Gasteiger partial charge on any atom is -0.378 e. The van der Waals surface area contributed by atoms with Crippen LogP contribution in [-0.4, -0.2) is 95.9 Å². The summed E-state index contributed by atoms with van der Waals surface area (Å²) in [5.41, 5.74) is 1.28. The Morgan fingerprint density at radius 2 is 2.00 bits per heavy atom. The van der Waals surface area contributed by atoms with E-state index in [0.29, 0.717) is 13.2 Å². The molecule has 2 saturated heterocycles. The minimum absolute atomic E-state index is 0.0174. The average Bonchev–Trinajstić information content (AvgIpc) is 3.15. The van der Waals surface area contributed by atoms with Crippen molar-refractivity contribution in [1.29, 1.82) is 0 Å². The number of piperazine rings is 1. The molecule has 0 spiro atoms. The van der Waals surface area contributed by atoms with E-state index in [1.54, 1.807) is 0 Å². The number of hydrogen-bond donors (Lipinski definition) is 1. The maximum Gasteiger partial charge on any atom is 0.239 e. The first kappa shape index (κ1) is 17.4. The van der Waals surface area contributed by atoms with Crippen LogP contribution in [0.25, 0.3) is 0 Å². The SMILES string of the molecule is CC(C(=O)N1CCOCC1)N1CCN(CCCc2cn[nH]c2)CC1. The number of aryl methyl sites for hydroxylation is 1. The number of nitrogens with zero attached hydrogens (tertiary/aromatic N) is 4. The van der Waals surface area contributed by atoms with Gasteiger partial charge >= 0.3 is 0 Å². The molecule has 1 atom stereocenters. The van der Waals surface area contributed by atoms with Crippen molar-refractivity contribution in [3.63, 3.8) is 0 Å². The summed E-state index contributed by atoms with van der Waals surface area (Å²) in [7, 11) is 0. The second kappa shape index (κ2) is 8.60. The fourth-order valence-electron chi connectivity index (χ4n) is 3.50. The zero-order valence-electron chi connectivity index (χ0n) is 14.6. The maximum absolute atomic E-state index is 12.6. The number of ether oxygens (including phenoxy) is 1. The maximum atomic E-state index is 12.6. The third kappa shape index (κ3) is 4.55. The number of aromatic nitrogens is 2. The summed E-state index contributed by atoms with van der Waals surface area (Å²) < 4.78 is 5.33. The summed E-state index contributed by atoms with van der Waals surface area (Å²) in [5.74, 6) is 0.256. The molecule has 24 heavy (non-hydrogen) atoms. The van der Waals surface area contributed by atoms with E-state index < -0.39 is 0 Å². The van der Waals surface area contributed by atoms with Crippen LogP contribution in [0.15, 0.2) is 12.4 Å². The van der Waals surface area contributed by atoms with Gasteiger partial charge in [-0.1, -0.05) is 0 Å². The van der Waals surface area contributed by atoms with Crippen molar-refractivity contribution < 1.29 is 9.53 Å². The third-order valence-corrected chi connectivity index (χ3v) is 5.13. The van der Waals surface area contributed by atoms with E-state index in [1.165, 1.54) is 5.56 Å². The number of rotatable bonds is 6. The number of hydrogen-bond acceptors (Lipinski definition) is 5. The molecule has 2 aliphatic rings. The topological polar surface area (TPSA) is 64.7 Å². The largest absolute Gasteiger partial charge is 0.378 e. The van der Waals surface area contributed by atoms with Crippen LogP contribution in [0, 0.1) is 0 Å². The van der Waals surface area contributed by atoms with Gasteiger partial charge in [-0.3, -0.25) is 14.8 Å². The molecule has 0 aliphatic carbocycles. The van der Waals surface area contributed by atoms with Crippen LogP contribution < -0.4 is 0 Å². The minimum atomic E-state index is -0.0174. The monoisotopic (exact) mass is 335 g/mol. The van der Waals surface area contributed by atoms with Crippen molar-refractivity contribution in [2.45, 2.75) is 25.8 Å². The van der Waals surface area contributed by atoms with E-state index >= 15 is 0 Å². The fraction of sp³-hybridized carbons (Fsp3) is 0.765. The van der Waals surface area contributed by atoms with Crippen molar-refractivity contribution in [3.8, 4) is 0 Å². The van der Waals surface area contributed by atoms with Crippen LogP contribution in [0.5, 0.6) is 0 Å². The quantitative estimate of drug-likeness (QED) is 0.805. The standard InChI is InChI=1S/C17H29N5O2/c1-15(17(23)22-9-11-24-12-10-22)21-7-5-20(6-8-21)4-2-3-16-13-18-19-14-16/h13-15H,2-12H2,1H3,(H,18,19). The summed E-state index contributed by atoms with van der Waals surface area (Å²) in [6, 6.07) is -0.0174. The zero-order valence-corrected chi connectivity index (χ0v) is 14.6. The molecule has 7 heteroatoms. The van der Waals surface area contributed by atoms with Gasteiger partial charge in [-0.25, -0.2) is 0 Å². The second-order valence-electron chi connectivity index (χ2n) is 6.70. The molecule has 7 nitrogen and oxygen atoms in total. The molecule has 2 fully saturated rings. The van der Waals surface area contributed by atoms with Crippen LogP contribution in [-0.2, 0) is 16.0 Å². The van der Waals surface area contributed by atoms with Crippen molar-refractivity contribution in [2.75, 3.05) is 59.0 Å². The van der Waals surface area contributed by atoms with Gasteiger partial charge in [0.1, 0.15) is 0 Å². The first-order valence-electron chi connectivity index (χ1n) is 9.04. The first-order chi connectivity index (χ1) is 11.7. The Morgan fingerprint density at radius 1 is 1.25 bits per heavy atom. The average molecular weight is 335 g/mol. The lowest BCUT2D eigenvalue weighted by atomic mass is 10.1. The number of morpholine rings is 1. The molecule has 0 radical (unpaired) electrons. The molecule has 0 aromatic carbocycles. The van der Waals surface area contributed by atoms with Crippen LogP contribution in [0.3, 0.4) is 0 Å². The summed E-state index contributed by atoms with van der Waals surface area (Å²) in [6.45, 7) is 10.0. The Hall–Kier alpha value is -1.44. The molecule has 0 bridgehead atoms. The van der Waals surface area contributed by atoms with Crippen molar-refractivity contribution in [1.82, 2.24) is 24.9 Å². The number of nitrogens with one attached hydrogen (secondary N) is 1. The normalized spacial score (nSPS) is 21.8. The predicted octanol–water partition coefficient (Wildman–Crippen LogP) is 0.207. The van der Waals surface area contributed by atoms with Gasteiger partial charge in [0.25, 0.3) is 0 Å². The first-order valence-corrected chi connectivity index (χ1v) is 9.04. The van der Waals surface area contributed by atoms with Gasteiger partial charge in [-0.05, 0) is 31.9 Å². The second-order valence-corrected chi connectivity index (χ2v) is 6.70. The van der Waals surface area contributed by atoms with Crippen molar-refractivity contribution in [2.24, 2.45) is 0 Å². The number of amides is 1. The highest BCUT2D eigenvalue weighted by atomic mass is 16.5. The lowest BCUT2D eigenvalue weighted by Gasteiger charge is -2.39. The van der Waals surface area contributed by atoms with Gasteiger partial charge in [0, 0.05) is 45.5 Å². The lowest BCUT2D eigenvalue weighted by molar-refractivity contribution is -0.141. The molecule has 3 rings (SSSR count). The molecular formula is C17H29N5O2. The lowest BCUT2D eigenvalue weighted by Crippen LogP contribution is -2.55. The molecule has 134 valence electrons. The van der Waals surface area contributed by atoms with E-state index in [1.807, 2.05) is 24.2 Å². The van der Waals surface area contributed by atoms with Crippen LogP contribution >= 0.6 is 0 Å².